The lowest BCUT2D eigenvalue weighted by molar-refractivity contribution is -0.124. The van der Waals surface area contributed by atoms with Crippen molar-refractivity contribution in [1.29, 1.82) is 0 Å². The second-order valence-electron chi connectivity index (χ2n) is 5.50. The van der Waals surface area contributed by atoms with Crippen molar-refractivity contribution in [3.8, 4) is 0 Å². The van der Waals surface area contributed by atoms with Crippen LogP contribution in [0.3, 0.4) is 0 Å². The molecule has 2 N–H and O–H groups in total. The van der Waals surface area contributed by atoms with Gasteiger partial charge >= 0.3 is 0 Å². The van der Waals surface area contributed by atoms with Gasteiger partial charge < -0.3 is 10.6 Å². The van der Waals surface area contributed by atoms with Crippen LogP contribution in [0, 0.1) is 5.82 Å². The van der Waals surface area contributed by atoms with Crippen molar-refractivity contribution >= 4 is 28.5 Å². The van der Waals surface area contributed by atoms with Crippen molar-refractivity contribution in [2.75, 3.05) is 11.9 Å². The van der Waals surface area contributed by atoms with Gasteiger partial charge in [0, 0.05) is 5.69 Å². The van der Waals surface area contributed by atoms with E-state index in [-0.39, 0.29) is 13.1 Å². The third kappa shape index (κ3) is 4.10. The number of nitrogens with zero attached hydrogens (tertiary/aromatic N) is 2. The summed E-state index contributed by atoms with van der Waals surface area (Å²) in [5, 5.41) is 4.98. The van der Waals surface area contributed by atoms with Crippen LogP contribution >= 0.6 is 0 Å². The largest absolute Gasteiger partial charge is 0.345 e. The molecule has 0 saturated heterocycles. The predicted molar refractivity (Wildman–Crippen MR) is 94.0 cm³/mol. The van der Waals surface area contributed by atoms with Crippen molar-refractivity contribution < 1.29 is 14.0 Å². The first-order chi connectivity index (χ1) is 12.5. The predicted octanol–water partition coefficient (Wildman–Crippen LogP) is 1.29. The lowest BCUT2D eigenvalue weighted by Crippen LogP contribution is -2.37. The summed E-state index contributed by atoms with van der Waals surface area (Å²) < 4.78 is 14.1. The van der Waals surface area contributed by atoms with Crippen molar-refractivity contribution in [2.24, 2.45) is 0 Å². The topological polar surface area (TPSA) is 93.1 Å². The van der Waals surface area contributed by atoms with E-state index < -0.39 is 23.2 Å². The molecule has 0 fully saturated rings. The molecule has 26 heavy (non-hydrogen) atoms. The van der Waals surface area contributed by atoms with E-state index in [1.54, 1.807) is 24.3 Å². The van der Waals surface area contributed by atoms with Gasteiger partial charge in [-0.1, -0.05) is 12.1 Å². The molecule has 0 atom stereocenters. The molecular formula is C18H15FN4O3. The third-order valence-electron chi connectivity index (χ3n) is 3.63. The molecule has 0 aliphatic rings. The van der Waals surface area contributed by atoms with Crippen molar-refractivity contribution in [2.45, 2.75) is 6.54 Å². The summed E-state index contributed by atoms with van der Waals surface area (Å²) in [6, 6.07) is 12.2. The van der Waals surface area contributed by atoms with Crippen molar-refractivity contribution in [3.05, 3.63) is 70.9 Å². The van der Waals surface area contributed by atoms with Crippen LogP contribution in [-0.4, -0.2) is 27.9 Å². The summed E-state index contributed by atoms with van der Waals surface area (Å²) >= 11 is 0. The zero-order valence-electron chi connectivity index (χ0n) is 13.6. The monoisotopic (exact) mass is 354 g/mol. The molecule has 2 amide bonds. The van der Waals surface area contributed by atoms with Gasteiger partial charge in [-0.15, -0.1) is 0 Å². The van der Waals surface area contributed by atoms with E-state index in [1.165, 1.54) is 28.8 Å². The summed E-state index contributed by atoms with van der Waals surface area (Å²) in [4.78, 5) is 39.9. The second kappa shape index (κ2) is 7.56. The molecule has 0 spiro atoms. The van der Waals surface area contributed by atoms with E-state index in [0.717, 1.165) is 6.20 Å². The lowest BCUT2D eigenvalue weighted by Gasteiger charge is -2.10. The fraction of sp³-hybridized carbons (Fsp3) is 0.111. The Hall–Kier alpha value is -3.55. The first kappa shape index (κ1) is 17.3. The minimum atomic E-state index is -0.488. The smallest absolute Gasteiger partial charge is 0.269 e. The zero-order valence-corrected chi connectivity index (χ0v) is 13.6. The summed E-state index contributed by atoms with van der Waals surface area (Å²) in [5.74, 6) is -1.36. The molecule has 7 nitrogen and oxygen atoms in total. The maximum atomic E-state index is 12.8. The molecule has 0 aliphatic heterocycles. The Morgan fingerprint density at radius 3 is 2.54 bits per heavy atom. The summed E-state index contributed by atoms with van der Waals surface area (Å²) in [6.45, 7) is -0.500. The number of carbonyl (C=O) groups excluding carboxylic acids is 2. The Labute approximate surface area is 147 Å². The number of rotatable bonds is 5. The van der Waals surface area contributed by atoms with Crippen LogP contribution < -0.4 is 16.2 Å². The fourth-order valence-corrected chi connectivity index (χ4v) is 2.39. The summed E-state index contributed by atoms with van der Waals surface area (Å²) in [6.07, 6.45) is 1.15. The van der Waals surface area contributed by atoms with Crippen molar-refractivity contribution in [1.82, 2.24) is 14.9 Å². The number of fused-ring (bicyclic) bond motifs is 1. The number of para-hydroxylation sites is 2. The molecule has 3 rings (SSSR count). The van der Waals surface area contributed by atoms with Gasteiger partial charge in [0.25, 0.3) is 5.56 Å². The van der Waals surface area contributed by atoms with Gasteiger partial charge in [-0.3, -0.25) is 19.0 Å². The van der Waals surface area contributed by atoms with E-state index in [2.05, 4.69) is 15.6 Å². The zero-order chi connectivity index (χ0) is 18.5. The van der Waals surface area contributed by atoms with Gasteiger partial charge in [-0.25, -0.2) is 9.37 Å². The van der Waals surface area contributed by atoms with Gasteiger partial charge in [-0.05, 0) is 36.4 Å². The summed E-state index contributed by atoms with van der Waals surface area (Å²) in [5.41, 5.74) is 1.14. The molecule has 0 saturated carbocycles. The van der Waals surface area contributed by atoms with E-state index in [1.807, 2.05) is 0 Å². The van der Waals surface area contributed by atoms with Crippen LogP contribution in [0.4, 0.5) is 10.1 Å². The highest BCUT2D eigenvalue weighted by Gasteiger charge is 2.10. The minimum Gasteiger partial charge on any atom is -0.345 e. The highest BCUT2D eigenvalue weighted by molar-refractivity contribution is 5.94. The molecule has 0 bridgehead atoms. The number of benzene rings is 2. The lowest BCUT2D eigenvalue weighted by atomic mass is 10.3. The molecule has 0 radical (unpaired) electrons. The Kier molecular flexibility index (Phi) is 5.02. The van der Waals surface area contributed by atoms with Crippen LogP contribution in [0.1, 0.15) is 0 Å². The number of anilines is 1. The number of hydrogen-bond acceptors (Lipinski definition) is 4. The molecule has 0 aliphatic carbocycles. The molecule has 2 aromatic carbocycles. The van der Waals surface area contributed by atoms with Crippen LogP contribution in [0.2, 0.25) is 0 Å². The van der Waals surface area contributed by atoms with Gasteiger partial charge in [0.05, 0.1) is 23.8 Å². The maximum absolute atomic E-state index is 12.8. The van der Waals surface area contributed by atoms with E-state index in [9.17, 15) is 18.8 Å². The molecule has 8 heteroatoms. The maximum Gasteiger partial charge on any atom is 0.269 e. The van der Waals surface area contributed by atoms with Crippen LogP contribution in [0.5, 0.6) is 0 Å². The Morgan fingerprint density at radius 2 is 1.77 bits per heavy atom. The Balaban J connectivity index is 1.61. The number of amides is 2. The molecular weight excluding hydrogens is 339 g/mol. The molecule has 1 aromatic heterocycles. The molecule has 0 unspecified atom stereocenters. The Bertz CT molecular complexity index is 1010. The number of aromatic nitrogens is 2. The van der Waals surface area contributed by atoms with E-state index in [4.69, 9.17) is 0 Å². The number of nitrogens with one attached hydrogen (secondary N) is 2. The van der Waals surface area contributed by atoms with Crippen molar-refractivity contribution in [3.63, 3.8) is 0 Å². The second-order valence-corrected chi connectivity index (χ2v) is 5.50. The number of hydrogen-bond donors (Lipinski definition) is 2. The molecule has 1 heterocycles. The van der Waals surface area contributed by atoms with Gasteiger partial charge in [0.2, 0.25) is 11.8 Å². The first-order valence-electron chi connectivity index (χ1n) is 7.79. The minimum absolute atomic E-state index is 0.230. The van der Waals surface area contributed by atoms with E-state index in [0.29, 0.717) is 16.7 Å². The van der Waals surface area contributed by atoms with Gasteiger partial charge in [0.15, 0.2) is 0 Å². The quantitative estimate of drug-likeness (QED) is 0.722. The molecule has 132 valence electrons. The number of carbonyl (C=O) groups is 2. The van der Waals surface area contributed by atoms with Crippen LogP contribution in [0.15, 0.2) is 59.5 Å². The third-order valence-corrected chi connectivity index (χ3v) is 3.63. The average Bonchev–Trinajstić information content (AvgIpc) is 2.64. The summed E-state index contributed by atoms with van der Waals surface area (Å²) in [7, 11) is 0. The standard InChI is InChI=1S/C18H15FN4O3/c19-12-5-7-13(8-6-12)22-16(24)9-21-17(25)11-23-15-4-2-1-3-14(15)20-10-18(23)26/h1-8,10H,9,11H2,(H,21,25)(H,22,24). The first-order valence-corrected chi connectivity index (χ1v) is 7.79. The average molecular weight is 354 g/mol. The van der Waals surface area contributed by atoms with E-state index >= 15 is 0 Å². The van der Waals surface area contributed by atoms with Crippen LogP contribution in [-0.2, 0) is 16.1 Å². The highest BCUT2D eigenvalue weighted by Crippen LogP contribution is 2.08. The number of halogens is 1. The van der Waals surface area contributed by atoms with Gasteiger partial charge in [-0.2, -0.15) is 0 Å². The van der Waals surface area contributed by atoms with Crippen LogP contribution in [0.25, 0.3) is 11.0 Å². The highest BCUT2D eigenvalue weighted by atomic mass is 19.1. The Morgan fingerprint density at radius 1 is 1.04 bits per heavy atom. The molecule has 3 aromatic rings. The SMILES string of the molecule is O=C(Cn1c(=O)cnc2ccccc21)NCC(=O)Nc1ccc(F)cc1. The fourth-order valence-electron chi connectivity index (χ4n) is 2.39. The van der Waals surface area contributed by atoms with Gasteiger partial charge in [0.1, 0.15) is 12.4 Å². The normalized spacial score (nSPS) is 10.5.